The first-order valence-corrected chi connectivity index (χ1v) is 14.5. The van der Waals surface area contributed by atoms with Crippen LogP contribution in [0.1, 0.15) is 59.1 Å². The third-order valence-electron chi connectivity index (χ3n) is 7.11. The number of rotatable bonds is 11. The third-order valence-corrected chi connectivity index (χ3v) is 8.86. The van der Waals surface area contributed by atoms with E-state index in [0.29, 0.717) is 31.2 Å². The number of carbonyl (C=O) groups excluding carboxylic acids is 1. The number of pyridine rings is 1. The zero-order chi connectivity index (χ0) is 27.3. The lowest BCUT2D eigenvalue weighted by atomic mass is 9.94. The minimum absolute atomic E-state index is 0.0534. The maximum absolute atomic E-state index is 13.0. The van der Waals surface area contributed by atoms with Crippen molar-refractivity contribution in [2.24, 2.45) is 5.92 Å². The number of nitrogen functional groups attached to an aromatic ring is 1. The Kier molecular flexibility index (Phi) is 8.81. The molecule has 9 heteroatoms. The molecule has 0 bridgehead atoms. The fourth-order valence-electron chi connectivity index (χ4n) is 4.90. The van der Waals surface area contributed by atoms with E-state index in [1.165, 1.54) is 5.56 Å². The van der Waals surface area contributed by atoms with Crippen LogP contribution in [-0.2, 0) is 34.2 Å². The van der Waals surface area contributed by atoms with Crippen molar-refractivity contribution >= 4 is 21.4 Å². The molecule has 1 amide bonds. The molecule has 2 aromatic carbocycles. The number of nitrogens with one attached hydrogen (secondary N) is 1. The fourth-order valence-corrected chi connectivity index (χ4v) is 5.78. The highest BCUT2D eigenvalue weighted by Gasteiger charge is 2.35. The second-order valence-corrected chi connectivity index (χ2v) is 12.1. The van der Waals surface area contributed by atoms with Crippen molar-refractivity contribution < 1.29 is 17.9 Å². The van der Waals surface area contributed by atoms with Crippen LogP contribution < -0.4 is 11.1 Å². The van der Waals surface area contributed by atoms with Crippen molar-refractivity contribution in [1.29, 1.82) is 0 Å². The summed E-state index contributed by atoms with van der Waals surface area (Å²) in [6.45, 7) is 6.26. The Morgan fingerprint density at radius 2 is 1.84 bits per heavy atom. The number of hydrogen-bond donors (Lipinski definition) is 2. The Bertz CT molecular complexity index is 1360. The average Bonchev–Trinajstić information content (AvgIpc) is 3.28. The standard InChI is InChI=1S/C29H36N4O4S/c1-4-38(35,36)26-11-7-21(8-12-26)16-32-29(34)23-15-24-19-33(18-22-5-9-25(30)10-6-22)28(27(24)31-17-23)20(2)13-14-37-3/h5-12,15,17,20,28H,4,13-14,16,18-19,30H2,1-3H3,(H,32,34)/t20-,28-/m1/s1. The molecular formula is C29H36N4O4S. The van der Waals surface area contributed by atoms with Crippen molar-refractivity contribution in [3.63, 3.8) is 0 Å². The predicted molar refractivity (Wildman–Crippen MR) is 148 cm³/mol. The minimum atomic E-state index is -3.25. The van der Waals surface area contributed by atoms with Gasteiger partial charge < -0.3 is 15.8 Å². The molecule has 4 rings (SSSR count). The van der Waals surface area contributed by atoms with Gasteiger partial charge in [-0.15, -0.1) is 0 Å². The molecule has 0 radical (unpaired) electrons. The van der Waals surface area contributed by atoms with Crippen LogP contribution in [0.4, 0.5) is 5.69 Å². The van der Waals surface area contributed by atoms with Gasteiger partial charge in [-0.3, -0.25) is 14.7 Å². The molecule has 0 aliphatic carbocycles. The van der Waals surface area contributed by atoms with Gasteiger partial charge in [0.1, 0.15) is 0 Å². The molecule has 1 aliphatic heterocycles. The van der Waals surface area contributed by atoms with Gasteiger partial charge >= 0.3 is 0 Å². The van der Waals surface area contributed by atoms with Crippen molar-refractivity contribution in [2.45, 2.75) is 50.8 Å². The van der Waals surface area contributed by atoms with Gasteiger partial charge in [0.25, 0.3) is 5.91 Å². The molecule has 202 valence electrons. The first kappa shape index (κ1) is 27.8. The third kappa shape index (κ3) is 6.40. The van der Waals surface area contributed by atoms with Crippen molar-refractivity contribution in [1.82, 2.24) is 15.2 Å². The number of fused-ring (bicyclic) bond motifs is 1. The van der Waals surface area contributed by atoms with E-state index in [2.05, 4.69) is 17.1 Å². The molecule has 8 nitrogen and oxygen atoms in total. The molecule has 2 atom stereocenters. The lowest BCUT2D eigenvalue weighted by molar-refractivity contribution is 0.0950. The second-order valence-electron chi connectivity index (χ2n) is 9.85. The van der Waals surface area contributed by atoms with Crippen molar-refractivity contribution in [3.8, 4) is 0 Å². The number of carbonyl (C=O) groups is 1. The SMILES string of the molecule is CCS(=O)(=O)c1ccc(CNC(=O)c2cnc3c(c2)CN(Cc2ccc(N)cc2)[C@@H]3[C@H](C)CCOC)cc1. The molecule has 3 N–H and O–H groups in total. The van der Waals surface area contributed by atoms with E-state index in [4.69, 9.17) is 15.5 Å². The second kappa shape index (κ2) is 12.1. The zero-order valence-electron chi connectivity index (χ0n) is 22.2. The largest absolute Gasteiger partial charge is 0.399 e. The van der Waals surface area contributed by atoms with E-state index in [1.54, 1.807) is 44.5 Å². The molecule has 0 saturated carbocycles. The molecule has 0 fully saturated rings. The first-order valence-electron chi connectivity index (χ1n) is 12.9. The van der Waals surface area contributed by atoms with E-state index in [0.717, 1.165) is 35.5 Å². The number of ether oxygens (including phenoxy) is 1. The van der Waals surface area contributed by atoms with E-state index >= 15 is 0 Å². The monoisotopic (exact) mass is 536 g/mol. The minimum Gasteiger partial charge on any atom is -0.399 e. The summed E-state index contributed by atoms with van der Waals surface area (Å²) >= 11 is 0. The van der Waals surface area contributed by atoms with Crippen LogP contribution in [0, 0.1) is 5.92 Å². The van der Waals surface area contributed by atoms with Gasteiger partial charge in [-0.1, -0.05) is 38.1 Å². The summed E-state index contributed by atoms with van der Waals surface area (Å²) in [4.78, 5) is 20.4. The number of aromatic nitrogens is 1. The van der Waals surface area contributed by atoms with Crippen molar-refractivity contribution in [2.75, 3.05) is 25.2 Å². The van der Waals surface area contributed by atoms with Gasteiger partial charge in [0, 0.05) is 45.2 Å². The maximum Gasteiger partial charge on any atom is 0.253 e. The Morgan fingerprint density at radius 1 is 1.16 bits per heavy atom. The number of benzene rings is 2. The molecule has 3 aromatic rings. The quantitative estimate of drug-likeness (QED) is 0.354. The molecule has 2 heterocycles. The van der Waals surface area contributed by atoms with Crippen LogP contribution >= 0.6 is 0 Å². The summed E-state index contributed by atoms with van der Waals surface area (Å²) < 4.78 is 29.4. The molecule has 0 unspecified atom stereocenters. The van der Waals surface area contributed by atoms with Gasteiger partial charge in [0.15, 0.2) is 9.84 Å². The lowest BCUT2D eigenvalue weighted by Gasteiger charge is -2.29. The van der Waals surface area contributed by atoms with E-state index < -0.39 is 9.84 Å². The van der Waals surface area contributed by atoms with Crippen LogP contribution in [0.25, 0.3) is 0 Å². The highest BCUT2D eigenvalue weighted by atomic mass is 32.2. The number of sulfone groups is 1. The number of nitrogens with zero attached hydrogens (tertiary/aromatic N) is 2. The maximum atomic E-state index is 13.0. The van der Waals surface area contributed by atoms with Crippen LogP contribution in [0.5, 0.6) is 0 Å². The Hall–Kier alpha value is -3.27. The molecule has 1 aliphatic rings. The van der Waals surface area contributed by atoms with Crippen LogP contribution in [0.15, 0.2) is 65.7 Å². The van der Waals surface area contributed by atoms with Crippen LogP contribution in [0.3, 0.4) is 0 Å². The van der Waals surface area contributed by atoms with Gasteiger partial charge in [0.2, 0.25) is 0 Å². The zero-order valence-corrected chi connectivity index (χ0v) is 23.0. The van der Waals surface area contributed by atoms with Crippen molar-refractivity contribution in [3.05, 3.63) is 88.7 Å². The molecule has 0 spiro atoms. The number of hydrogen-bond acceptors (Lipinski definition) is 7. The van der Waals surface area contributed by atoms with Crippen LogP contribution in [-0.4, -0.2) is 43.7 Å². The van der Waals surface area contributed by atoms with Gasteiger partial charge in [-0.05, 0) is 59.4 Å². The van der Waals surface area contributed by atoms with E-state index in [1.807, 2.05) is 30.3 Å². The molecule has 38 heavy (non-hydrogen) atoms. The summed E-state index contributed by atoms with van der Waals surface area (Å²) in [6.07, 6.45) is 2.55. The Morgan fingerprint density at radius 3 is 2.50 bits per heavy atom. The predicted octanol–water partition coefficient (Wildman–Crippen LogP) is 4.12. The lowest BCUT2D eigenvalue weighted by Crippen LogP contribution is -2.27. The molecule has 0 saturated heterocycles. The number of amides is 1. The summed E-state index contributed by atoms with van der Waals surface area (Å²) in [5.74, 6) is 0.154. The Balaban J connectivity index is 1.48. The summed E-state index contributed by atoms with van der Waals surface area (Å²) in [5, 5.41) is 2.93. The number of nitrogens with two attached hydrogens (primary N) is 1. The number of methoxy groups -OCH3 is 1. The topological polar surface area (TPSA) is 115 Å². The smallest absolute Gasteiger partial charge is 0.253 e. The summed E-state index contributed by atoms with van der Waals surface area (Å²) in [5.41, 5.74) is 11.2. The molecular weight excluding hydrogens is 500 g/mol. The average molecular weight is 537 g/mol. The van der Waals surface area contributed by atoms with Crippen LogP contribution in [0.2, 0.25) is 0 Å². The summed E-state index contributed by atoms with van der Waals surface area (Å²) in [6, 6.07) is 16.6. The normalized spacial score (nSPS) is 16.2. The van der Waals surface area contributed by atoms with Gasteiger partial charge in [-0.2, -0.15) is 0 Å². The summed E-state index contributed by atoms with van der Waals surface area (Å²) in [7, 11) is -1.54. The Labute approximate surface area is 225 Å². The highest BCUT2D eigenvalue weighted by molar-refractivity contribution is 7.91. The fraction of sp³-hybridized carbons (Fsp3) is 0.379. The van der Waals surface area contributed by atoms with E-state index in [-0.39, 0.29) is 22.6 Å². The number of anilines is 1. The molecule has 1 aromatic heterocycles. The van der Waals surface area contributed by atoms with E-state index in [9.17, 15) is 13.2 Å². The van der Waals surface area contributed by atoms with Gasteiger partial charge in [-0.25, -0.2) is 8.42 Å². The first-order chi connectivity index (χ1) is 18.2. The highest BCUT2D eigenvalue weighted by Crippen LogP contribution is 2.40. The van der Waals surface area contributed by atoms with Gasteiger partial charge in [0.05, 0.1) is 27.9 Å².